The quantitative estimate of drug-likeness (QED) is 0.472. The minimum absolute atomic E-state index is 0.0579. The number of quaternary nitrogens is 2. The van der Waals surface area contributed by atoms with E-state index < -0.39 is 5.23 Å². The number of rotatable bonds is 4. The van der Waals surface area contributed by atoms with Gasteiger partial charge in [0, 0.05) is 24.7 Å². The van der Waals surface area contributed by atoms with Gasteiger partial charge < -0.3 is 10.1 Å². The number of carbonyl (C=O) groups excluding carboxylic acids is 1. The minimum atomic E-state index is -0.714. The summed E-state index contributed by atoms with van der Waals surface area (Å²) < 4.78 is 0. The van der Waals surface area contributed by atoms with Gasteiger partial charge in [0.15, 0.2) is 5.78 Å². The van der Waals surface area contributed by atoms with Crippen molar-refractivity contribution < 1.29 is 20.1 Å². The van der Waals surface area contributed by atoms with Crippen molar-refractivity contribution in [2.45, 2.75) is 57.7 Å². The molecular weight excluding hydrogens is 258 g/mol. The molecule has 4 unspecified atom stereocenters. The molecule has 1 saturated carbocycles. The molecule has 0 aromatic carbocycles. The molecule has 0 aromatic rings. The Balaban J connectivity index is 1.81. The average Bonchev–Trinajstić information content (AvgIpc) is 2.44. The maximum atomic E-state index is 12.4. The van der Waals surface area contributed by atoms with Crippen molar-refractivity contribution in [1.82, 2.24) is 0 Å². The molecule has 2 fully saturated rings. The van der Waals surface area contributed by atoms with E-state index in [0.717, 1.165) is 32.2 Å². The fourth-order valence-corrected chi connectivity index (χ4v) is 3.64. The monoisotopic (exact) mass is 286 g/mol. The molecule has 1 saturated heterocycles. The number of carbonyl (C=O) groups is 1. The molecule has 0 aromatic heterocycles. The van der Waals surface area contributed by atoms with E-state index in [0.29, 0.717) is 25.3 Å². The summed E-state index contributed by atoms with van der Waals surface area (Å²) in [6, 6.07) is -0.247. The van der Waals surface area contributed by atoms with Gasteiger partial charge in [0.1, 0.15) is 18.8 Å². The van der Waals surface area contributed by atoms with Crippen LogP contribution in [0.15, 0.2) is 0 Å². The van der Waals surface area contributed by atoms with Crippen LogP contribution in [0, 0.1) is 17.0 Å². The summed E-state index contributed by atoms with van der Waals surface area (Å²) in [5.41, 5.74) is 6.20. The number of likely N-dealkylation sites (tertiary alicyclic amines) is 1. The first-order valence-corrected chi connectivity index (χ1v) is 7.84. The fourth-order valence-electron chi connectivity index (χ4n) is 3.64. The summed E-state index contributed by atoms with van der Waals surface area (Å²) in [4.78, 5) is 13.6. The number of Topliss-reactive ketones (excluding diaryl/α,β-unsaturated/α-hetero) is 1. The zero-order valence-corrected chi connectivity index (χ0v) is 12.3. The largest absolute Gasteiger partial charge is 0.600 e. The van der Waals surface area contributed by atoms with Gasteiger partial charge in [0.2, 0.25) is 0 Å². The van der Waals surface area contributed by atoms with Gasteiger partial charge in [-0.15, -0.1) is 0 Å². The summed E-state index contributed by atoms with van der Waals surface area (Å²) in [5.74, 6) is 0.824. The van der Waals surface area contributed by atoms with Crippen molar-refractivity contribution in [3.63, 3.8) is 0 Å². The fraction of sp³-hybridized carbons (Fsp3) is 0.929. The number of hydrogen-bond acceptors (Lipinski definition) is 4. The number of ketones is 1. The number of hydrogen-bond donors (Lipinski definition) is 4. The second kappa shape index (κ2) is 6.95. The Kier molecular flexibility index (Phi) is 5.51. The van der Waals surface area contributed by atoms with E-state index in [1.165, 1.54) is 4.90 Å². The highest BCUT2D eigenvalue weighted by atomic mass is 16.8. The van der Waals surface area contributed by atoms with Crippen LogP contribution in [0.2, 0.25) is 0 Å². The lowest BCUT2D eigenvalue weighted by Crippen LogP contribution is -3.20. The van der Waals surface area contributed by atoms with Crippen molar-refractivity contribution in [2.24, 2.45) is 17.6 Å². The Bertz CT molecular complexity index is 330. The topological polar surface area (TPSA) is 95.3 Å². The van der Waals surface area contributed by atoms with E-state index in [1.807, 2.05) is 0 Å². The maximum absolute atomic E-state index is 12.4. The Morgan fingerprint density at radius 1 is 1.35 bits per heavy atom. The van der Waals surface area contributed by atoms with Crippen LogP contribution in [0.25, 0.3) is 0 Å². The molecular formula is C14H28N3O3+. The SMILES string of the molecule is CC1CCC[NH+](CC(=O)C2CCC([NH+]([O-])O)CC2)C1N. The normalized spacial score (nSPS) is 40.3. The highest BCUT2D eigenvalue weighted by molar-refractivity contribution is 5.82. The van der Waals surface area contributed by atoms with E-state index >= 15 is 0 Å². The van der Waals surface area contributed by atoms with Gasteiger partial charge in [-0.2, -0.15) is 0 Å². The Morgan fingerprint density at radius 2 is 2.00 bits per heavy atom. The minimum Gasteiger partial charge on any atom is -0.600 e. The van der Waals surface area contributed by atoms with Crippen molar-refractivity contribution >= 4 is 5.78 Å². The second-order valence-electron chi connectivity index (χ2n) is 6.58. The van der Waals surface area contributed by atoms with E-state index in [2.05, 4.69) is 6.92 Å². The summed E-state index contributed by atoms with van der Waals surface area (Å²) >= 11 is 0. The Hall–Kier alpha value is -0.530. The first kappa shape index (κ1) is 15.9. The van der Waals surface area contributed by atoms with Crippen molar-refractivity contribution in [3.8, 4) is 0 Å². The molecule has 4 atom stereocenters. The predicted octanol–water partition coefficient (Wildman–Crippen LogP) is -1.51. The zero-order chi connectivity index (χ0) is 14.7. The molecule has 2 aliphatic rings. The average molecular weight is 286 g/mol. The molecule has 6 nitrogen and oxygen atoms in total. The Labute approximate surface area is 120 Å². The highest BCUT2D eigenvalue weighted by Crippen LogP contribution is 2.23. The van der Waals surface area contributed by atoms with Crippen LogP contribution < -0.4 is 15.9 Å². The maximum Gasteiger partial charge on any atom is 0.189 e. The van der Waals surface area contributed by atoms with Crippen LogP contribution in [0.3, 0.4) is 0 Å². The standard InChI is InChI=1S/C14H27N3O3/c1-10-3-2-8-16(14(10)15)9-13(18)11-4-6-12(7-5-11)17(19)20/h10-12,14,17,19H,2-9,15H2,1H3/p+1. The second-order valence-corrected chi connectivity index (χ2v) is 6.58. The third kappa shape index (κ3) is 3.77. The first-order chi connectivity index (χ1) is 9.49. The summed E-state index contributed by atoms with van der Waals surface area (Å²) in [6.07, 6.45) is 5.11. The molecule has 0 spiro atoms. The van der Waals surface area contributed by atoms with Gasteiger partial charge in [0.25, 0.3) is 0 Å². The van der Waals surface area contributed by atoms with E-state index in [4.69, 9.17) is 10.9 Å². The van der Waals surface area contributed by atoms with E-state index in [9.17, 15) is 10.0 Å². The van der Waals surface area contributed by atoms with Gasteiger partial charge in [-0.3, -0.25) is 10.5 Å². The number of nitrogens with one attached hydrogen (secondary N) is 2. The van der Waals surface area contributed by atoms with Crippen LogP contribution in [0.4, 0.5) is 0 Å². The molecule has 1 heterocycles. The lowest BCUT2D eigenvalue weighted by Gasteiger charge is -2.35. The highest BCUT2D eigenvalue weighted by Gasteiger charge is 2.34. The van der Waals surface area contributed by atoms with Crippen LogP contribution in [0.1, 0.15) is 45.4 Å². The molecule has 6 heteroatoms. The van der Waals surface area contributed by atoms with Gasteiger partial charge in [-0.1, -0.05) is 6.92 Å². The molecule has 116 valence electrons. The van der Waals surface area contributed by atoms with E-state index in [-0.39, 0.29) is 23.9 Å². The van der Waals surface area contributed by atoms with Crippen molar-refractivity contribution in [1.29, 1.82) is 0 Å². The van der Waals surface area contributed by atoms with Crippen LogP contribution in [0.5, 0.6) is 0 Å². The van der Waals surface area contributed by atoms with Crippen molar-refractivity contribution in [2.75, 3.05) is 13.1 Å². The van der Waals surface area contributed by atoms with Gasteiger partial charge >= 0.3 is 0 Å². The predicted molar refractivity (Wildman–Crippen MR) is 73.9 cm³/mol. The van der Waals surface area contributed by atoms with Crippen LogP contribution in [-0.2, 0) is 4.79 Å². The molecule has 0 amide bonds. The zero-order valence-electron chi connectivity index (χ0n) is 12.3. The molecule has 5 N–H and O–H groups in total. The number of piperidine rings is 1. The summed E-state index contributed by atoms with van der Waals surface area (Å²) in [7, 11) is 0. The number of hydroxylamine groups is 2. The van der Waals surface area contributed by atoms with Gasteiger partial charge in [-0.05, 0) is 25.7 Å². The molecule has 2 rings (SSSR count). The first-order valence-electron chi connectivity index (χ1n) is 7.84. The molecule has 1 aliphatic carbocycles. The smallest absolute Gasteiger partial charge is 0.189 e. The third-order valence-corrected chi connectivity index (χ3v) is 5.17. The lowest BCUT2D eigenvalue weighted by atomic mass is 9.83. The van der Waals surface area contributed by atoms with E-state index in [1.54, 1.807) is 0 Å². The Morgan fingerprint density at radius 3 is 2.60 bits per heavy atom. The molecule has 1 aliphatic heterocycles. The molecule has 0 radical (unpaired) electrons. The number of nitrogens with two attached hydrogens (primary N) is 1. The van der Waals surface area contributed by atoms with Crippen LogP contribution >= 0.6 is 0 Å². The summed E-state index contributed by atoms with van der Waals surface area (Å²) in [6.45, 7) is 3.67. The third-order valence-electron chi connectivity index (χ3n) is 5.17. The summed E-state index contributed by atoms with van der Waals surface area (Å²) in [5, 5.41) is 19.2. The molecule has 0 bridgehead atoms. The van der Waals surface area contributed by atoms with Gasteiger partial charge in [-0.25, -0.2) is 10.4 Å². The van der Waals surface area contributed by atoms with Crippen LogP contribution in [-0.4, -0.2) is 36.3 Å². The molecule has 20 heavy (non-hydrogen) atoms. The van der Waals surface area contributed by atoms with Gasteiger partial charge in [0.05, 0.1) is 6.54 Å². The van der Waals surface area contributed by atoms with Crippen molar-refractivity contribution in [3.05, 3.63) is 5.21 Å². The lowest BCUT2D eigenvalue weighted by molar-refractivity contribution is -1.07.